The van der Waals surface area contributed by atoms with Gasteiger partial charge in [0.1, 0.15) is 28.7 Å². The Balaban J connectivity index is 0.710. The van der Waals surface area contributed by atoms with E-state index in [1.165, 1.54) is 23.1 Å². The molecule has 7 amide bonds. The van der Waals surface area contributed by atoms with Gasteiger partial charge in [-0.25, -0.2) is 0 Å². The van der Waals surface area contributed by atoms with Crippen LogP contribution in [0.1, 0.15) is 111 Å². The van der Waals surface area contributed by atoms with Crippen LogP contribution in [0.3, 0.4) is 0 Å². The number of piperidine rings is 1. The van der Waals surface area contributed by atoms with Crippen LogP contribution in [0.2, 0.25) is 5.02 Å². The normalized spacial score (nSPS) is 18.2. The minimum Gasteiger partial charge on any atom is -0.483 e. The SMILES string of the molecule is Cc1sc2c(c1C)C(c1ccc(Cl)cc1)=NC(CC(=O)NCCCN1CCN(C(=O)CCCCCNC(=O)COc3cccc4c3C(=O)N(C3CCC(=O)NC3=O)C4=O)CC1)c1nnc(C)n1-2. The molecular weight excluding hydrogens is 900 g/mol. The molecule has 0 bridgehead atoms. The smallest absolute Gasteiger partial charge is 0.266 e. The molecular formula is C47H53ClN10O8S. The van der Waals surface area contributed by atoms with E-state index in [1.54, 1.807) is 11.3 Å². The Morgan fingerprint density at radius 1 is 0.866 bits per heavy atom. The maximum atomic E-state index is 13.4. The van der Waals surface area contributed by atoms with Crippen molar-refractivity contribution in [3.63, 3.8) is 0 Å². The molecule has 0 saturated carbocycles. The number of halogens is 1. The molecule has 0 spiro atoms. The van der Waals surface area contributed by atoms with Crippen molar-refractivity contribution in [1.29, 1.82) is 0 Å². The highest BCUT2D eigenvalue weighted by atomic mass is 35.5. The minimum absolute atomic E-state index is 0.00671. The van der Waals surface area contributed by atoms with Crippen LogP contribution < -0.4 is 20.7 Å². The summed E-state index contributed by atoms with van der Waals surface area (Å²) >= 11 is 7.91. The maximum Gasteiger partial charge on any atom is 0.266 e. The number of hydrogen-bond donors (Lipinski definition) is 3. The van der Waals surface area contributed by atoms with Gasteiger partial charge in [-0.1, -0.05) is 36.2 Å². The van der Waals surface area contributed by atoms with Crippen molar-refractivity contribution in [3.8, 4) is 10.8 Å². The summed E-state index contributed by atoms with van der Waals surface area (Å²) in [5.41, 5.74) is 3.91. The third kappa shape index (κ3) is 10.3. The van der Waals surface area contributed by atoms with Crippen LogP contribution in [0.25, 0.3) is 5.00 Å². The summed E-state index contributed by atoms with van der Waals surface area (Å²) in [7, 11) is 0. The van der Waals surface area contributed by atoms with Crippen molar-refractivity contribution in [1.82, 2.24) is 45.4 Å². The number of benzene rings is 2. The number of carbonyl (C=O) groups is 7. The third-order valence-electron chi connectivity index (χ3n) is 12.6. The molecule has 18 nitrogen and oxygen atoms in total. The molecule has 2 atom stereocenters. The first-order valence-electron chi connectivity index (χ1n) is 22.7. The summed E-state index contributed by atoms with van der Waals surface area (Å²) in [5, 5.41) is 18.6. The number of aryl methyl sites for hydroxylation is 2. The van der Waals surface area contributed by atoms with Crippen molar-refractivity contribution in [2.24, 2.45) is 4.99 Å². The van der Waals surface area contributed by atoms with Crippen LogP contribution in [0, 0.1) is 20.8 Å². The molecule has 4 aliphatic rings. The van der Waals surface area contributed by atoms with Crippen LogP contribution in [-0.4, -0.2) is 135 Å². The van der Waals surface area contributed by atoms with Crippen molar-refractivity contribution in [2.75, 3.05) is 52.4 Å². The summed E-state index contributed by atoms with van der Waals surface area (Å²) < 4.78 is 7.69. The molecule has 2 aromatic carbocycles. The molecule has 20 heteroatoms. The second kappa shape index (κ2) is 20.7. The zero-order chi connectivity index (χ0) is 47.4. The Morgan fingerprint density at radius 2 is 1.61 bits per heavy atom. The predicted molar refractivity (Wildman–Crippen MR) is 249 cm³/mol. The van der Waals surface area contributed by atoms with Crippen molar-refractivity contribution >= 4 is 70.0 Å². The molecule has 4 aliphatic heterocycles. The molecule has 0 radical (unpaired) electrons. The summed E-state index contributed by atoms with van der Waals surface area (Å²) in [6.45, 7) is 10.2. The topological polar surface area (TPSA) is 218 Å². The Hall–Kier alpha value is -6.31. The van der Waals surface area contributed by atoms with E-state index in [-0.39, 0.29) is 54.6 Å². The highest BCUT2D eigenvalue weighted by Crippen LogP contribution is 2.40. The number of piperazine rings is 1. The molecule has 8 rings (SSSR count). The number of hydrogen-bond acceptors (Lipinski definition) is 13. The van der Waals surface area contributed by atoms with Crippen molar-refractivity contribution in [2.45, 2.75) is 84.2 Å². The van der Waals surface area contributed by atoms with Gasteiger partial charge in [-0.2, -0.15) is 0 Å². The fourth-order valence-electron chi connectivity index (χ4n) is 8.89. The fourth-order valence-corrected chi connectivity index (χ4v) is 10.2. The van der Waals surface area contributed by atoms with Crippen molar-refractivity contribution in [3.05, 3.63) is 91.8 Å². The fraction of sp³-hybridized carbons (Fsp3) is 0.447. The van der Waals surface area contributed by atoms with Gasteiger partial charge in [0.2, 0.25) is 23.6 Å². The minimum atomic E-state index is -1.11. The molecule has 2 saturated heterocycles. The summed E-state index contributed by atoms with van der Waals surface area (Å²) in [6.07, 6.45) is 3.42. The lowest BCUT2D eigenvalue weighted by molar-refractivity contribution is -0.136. The molecule has 2 unspecified atom stereocenters. The number of aromatic nitrogens is 3. The number of ether oxygens (including phenoxy) is 1. The van der Waals surface area contributed by atoms with Crippen LogP contribution >= 0.6 is 22.9 Å². The molecule has 3 N–H and O–H groups in total. The number of amides is 7. The molecule has 6 heterocycles. The van der Waals surface area contributed by atoms with Gasteiger partial charge >= 0.3 is 0 Å². The lowest BCUT2D eigenvalue weighted by Crippen LogP contribution is -2.54. The van der Waals surface area contributed by atoms with Crippen molar-refractivity contribution < 1.29 is 38.3 Å². The van der Waals surface area contributed by atoms with Gasteiger partial charge in [0.25, 0.3) is 17.7 Å². The number of aliphatic imine (C=N–C) groups is 1. The summed E-state index contributed by atoms with van der Waals surface area (Å²) in [4.78, 5) is 101. The first kappa shape index (κ1) is 47.2. The van der Waals surface area contributed by atoms with E-state index in [0.29, 0.717) is 56.3 Å². The average Bonchev–Trinajstić information content (AvgIpc) is 3.89. The number of imide groups is 2. The zero-order valence-electron chi connectivity index (χ0n) is 37.7. The largest absolute Gasteiger partial charge is 0.483 e. The Morgan fingerprint density at radius 3 is 2.37 bits per heavy atom. The Bertz CT molecular complexity index is 2640. The highest BCUT2D eigenvalue weighted by Gasteiger charge is 2.46. The van der Waals surface area contributed by atoms with Crippen LogP contribution in [0.15, 0.2) is 47.5 Å². The predicted octanol–water partition coefficient (Wildman–Crippen LogP) is 4.00. The maximum absolute atomic E-state index is 13.4. The second-order valence-electron chi connectivity index (χ2n) is 17.1. The molecule has 0 aliphatic carbocycles. The van der Waals surface area contributed by atoms with E-state index in [1.807, 2.05) is 40.7 Å². The number of thiophene rings is 1. The zero-order valence-corrected chi connectivity index (χ0v) is 39.3. The van der Waals surface area contributed by atoms with Crippen LogP contribution in [0.5, 0.6) is 5.75 Å². The third-order valence-corrected chi connectivity index (χ3v) is 14.1. The van der Waals surface area contributed by atoms with Crippen LogP contribution in [-0.2, 0) is 24.0 Å². The highest BCUT2D eigenvalue weighted by molar-refractivity contribution is 7.15. The first-order valence-corrected chi connectivity index (χ1v) is 23.9. The Labute approximate surface area is 396 Å². The molecule has 2 aromatic heterocycles. The summed E-state index contributed by atoms with van der Waals surface area (Å²) in [6, 6.07) is 10.4. The first-order chi connectivity index (χ1) is 32.3. The number of unbranched alkanes of at least 4 members (excludes halogenated alkanes) is 2. The quantitative estimate of drug-likeness (QED) is 0.102. The van der Waals surface area contributed by atoms with E-state index in [2.05, 4.69) is 44.9 Å². The number of carbonyl (C=O) groups excluding carboxylic acids is 7. The number of nitrogens with one attached hydrogen (secondary N) is 3. The van der Waals surface area contributed by atoms with Gasteiger partial charge in [-0.05, 0) is 82.8 Å². The number of fused-ring (bicyclic) bond motifs is 4. The second-order valence-corrected chi connectivity index (χ2v) is 18.7. The Kier molecular flexibility index (Phi) is 14.6. The van der Waals surface area contributed by atoms with Gasteiger partial charge in [0.15, 0.2) is 12.4 Å². The van der Waals surface area contributed by atoms with E-state index < -0.39 is 41.6 Å². The molecule has 67 heavy (non-hydrogen) atoms. The monoisotopic (exact) mass is 952 g/mol. The van der Waals surface area contributed by atoms with Gasteiger partial charge in [-0.15, -0.1) is 21.5 Å². The van der Waals surface area contributed by atoms with Crippen LogP contribution in [0.4, 0.5) is 0 Å². The lowest BCUT2D eigenvalue weighted by atomic mass is 9.99. The van der Waals surface area contributed by atoms with Gasteiger partial charge in [-0.3, -0.25) is 58.2 Å². The van der Waals surface area contributed by atoms with Gasteiger partial charge in [0.05, 0.1) is 23.3 Å². The van der Waals surface area contributed by atoms with E-state index in [9.17, 15) is 33.6 Å². The van der Waals surface area contributed by atoms with E-state index in [0.717, 1.165) is 70.6 Å². The molecule has 2 fully saturated rings. The standard InChI is InChI=1S/C47H53ClN10O8S/c1-27-28(2)67-47-40(27)42(30-12-14-31(48)15-13-30)51-33(43-54-53-29(3)57(43)47)25-37(60)49-19-8-20-55-21-23-56(24-22-55)39(62)11-5-4-6-18-50-38(61)26-66-35-10-7-9-32-41(35)46(65)58(45(32)64)34-16-17-36(59)52-44(34)63/h7,9-10,12-15,33-34H,4-6,8,11,16-26H2,1-3H3,(H,49,60)(H,50,61)(H,52,59,63). The van der Waals surface area contributed by atoms with Gasteiger partial charge in [0, 0.05) is 73.1 Å². The average molecular weight is 954 g/mol. The molecule has 4 aromatic rings. The van der Waals surface area contributed by atoms with E-state index in [4.69, 9.17) is 21.3 Å². The number of nitrogens with zero attached hydrogens (tertiary/aromatic N) is 7. The van der Waals surface area contributed by atoms with E-state index >= 15 is 0 Å². The lowest BCUT2D eigenvalue weighted by Gasteiger charge is -2.34. The summed E-state index contributed by atoms with van der Waals surface area (Å²) in [5.74, 6) is -1.54. The van der Waals surface area contributed by atoms with Gasteiger partial charge < -0.3 is 20.3 Å². The molecule has 352 valence electrons. The number of rotatable bonds is 17.